The van der Waals surface area contributed by atoms with E-state index in [0.29, 0.717) is 26.0 Å². The number of hydrogen-bond acceptors (Lipinski definition) is 6. The van der Waals surface area contributed by atoms with E-state index in [-0.39, 0.29) is 18.5 Å². The molecule has 0 radical (unpaired) electrons. The van der Waals surface area contributed by atoms with Crippen LogP contribution >= 0.6 is 11.3 Å². The highest BCUT2D eigenvalue weighted by molar-refractivity contribution is 7.10. The van der Waals surface area contributed by atoms with Crippen LogP contribution in [0.2, 0.25) is 0 Å². The molecule has 2 aliphatic rings. The number of imide groups is 1. The van der Waals surface area contributed by atoms with Crippen LogP contribution in [0, 0.1) is 6.92 Å². The molecule has 4 rings (SSSR count). The SMILES string of the molecule is COCCN1C(=O)N(Cc2cccnc2)C(=O)C12CCN(Cc1sccc1C)CC2. The number of ether oxygens (including phenoxy) is 1. The van der Waals surface area contributed by atoms with Gasteiger partial charge in [0.25, 0.3) is 5.91 Å². The van der Waals surface area contributed by atoms with Crippen molar-refractivity contribution in [2.24, 2.45) is 0 Å². The third-order valence-electron chi connectivity index (χ3n) is 6.22. The molecule has 2 fully saturated rings. The molecule has 2 saturated heterocycles. The highest BCUT2D eigenvalue weighted by Crippen LogP contribution is 2.38. The molecule has 8 heteroatoms. The molecule has 2 aromatic rings. The number of carbonyl (C=O) groups is 2. The lowest BCUT2D eigenvalue weighted by molar-refractivity contribution is -0.136. The van der Waals surface area contributed by atoms with Crippen molar-refractivity contribution in [2.45, 2.75) is 38.4 Å². The van der Waals surface area contributed by atoms with Gasteiger partial charge in [0.1, 0.15) is 5.54 Å². The smallest absolute Gasteiger partial charge is 0.328 e. The number of thiophene rings is 1. The largest absolute Gasteiger partial charge is 0.383 e. The number of likely N-dealkylation sites (tertiary alicyclic amines) is 1. The van der Waals surface area contributed by atoms with Gasteiger partial charge < -0.3 is 9.64 Å². The van der Waals surface area contributed by atoms with E-state index >= 15 is 0 Å². The van der Waals surface area contributed by atoms with E-state index < -0.39 is 5.54 Å². The number of aryl methyl sites for hydroxylation is 1. The van der Waals surface area contributed by atoms with Crippen molar-refractivity contribution in [1.29, 1.82) is 0 Å². The van der Waals surface area contributed by atoms with E-state index in [1.54, 1.807) is 35.7 Å². The summed E-state index contributed by atoms with van der Waals surface area (Å²) in [5, 5.41) is 2.12. The standard InChI is InChI=1S/C22H28N4O3S/c1-17-5-13-30-19(17)16-24-9-6-22(7-10-24)20(27)25(15-18-4-3-8-23-14-18)21(28)26(22)11-12-29-2/h3-5,8,13-14H,6-7,9-12,15-16H2,1-2H3. The van der Waals surface area contributed by atoms with E-state index in [0.717, 1.165) is 25.2 Å². The first kappa shape index (κ1) is 21.0. The van der Waals surface area contributed by atoms with Crippen molar-refractivity contribution in [3.05, 3.63) is 52.0 Å². The number of pyridine rings is 1. The van der Waals surface area contributed by atoms with Crippen molar-refractivity contribution in [3.63, 3.8) is 0 Å². The lowest BCUT2D eigenvalue weighted by Gasteiger charge is -2.42. The summed E-state index contributed by atoms with van der Waals surface area (Å²) in [6.45, 7) is 5.72. The Morgan fingerprint density at radius 1 is 1.20 bits per heavy atom. The van der Waals surface area contributed by atoms with Gasteiger partial charge in [-0.25, -0.2) is 4.79 Å². The topological polar surface area (TPSA) is 66.0 Å². The number of methoxy groups -OCH3 is 1. The summed E-state index contributed by atoms with van der Waals surface area (Å²) in [5.74, 6) is -0.0839. The predicted octanol–water partition coefficient (Wildman–Crippen LogP) is 2.90. The van der Waals surface area contributed by atoms with Crippen molar-refractivity contribution < 1.29 is 14.3 Å². The van der Waals surface area contributed by atoms with Gasteiger partial charge in [-0.2, -0.15) is 0 Å². The van der Waals surface area contributed by atoms with Crippen molar-refractivity contribution in [2.75, 3.05) is 33.4 Å². The van der Waals surface area contributed by atoms with Crippen LogP contribution in [0.1, 0.15) is 28.8 Å². The molecule has 4 heterocycles. The number of amides is 3. The zero-order chi connectivity index (χ0) is 21.1. The summed E-state index contributed by atoms with van der Waals surface area (Å²) in [6, 6.07) is 5.64. The average Bonchev–Trinajstić information content (AvgIpc) is 3.24. The van der Waals surface area contributed by atoms with Crippen molar-refractivity contribution in [3.8, 4) is 0 Å². The molecular weight excluding hydrogens is 400 g/mol. The Morgan fingerprint density at radius 2 is 2.00 bits per heavy atom. The summed E-state index contributed by atoms with van der Waals surface area (Å²) in [7, 11) is 1.62. The molecule has 0 aromatic carbocycles. The molecule has 160 valence electrons. The molecule has 0 unspecified atom stereocenters. The molecule has 7 nitrogen and oxygen atoms in total. The Hall–Kier alpha value is -2.29. The monoisotopic (exact) mass is 428 g/mol. The lowest BCUT2D eigenvalue weighted by Crippen LogP contribution is -2.57. The van der Waals surface area contributed by atoms with Gasteiger partial charge in [-0.05, 0) is 48.4 Å². The van der Waals surface area contributed by atoms with Gasteiger partial charge in [0, 0.05) is 50.6 Å². The quantitative estimate of drug-likeness (QED) is 0.635. The van der Waals surface area contributed by atoms with Crippen LogP contribution in [-0.2, 0) is 22.6 Å². The van der Waals surface area contributed by atoms with Crippen LogP contribution in [0.4, 0.5) is 4.79 Å². The predicted molar refractivity (Wildman–Crippen MR) is 115 cm³/mol. The molecule has 30 heavy (non-hydrogen) atoms. The summed E-state index contributed by atoms with van der Waals surface area (Å²) < 4.78 is 5.24. The van der Waals surface area contributed by atoms with E-state index in [4.69, 9.17) is 4.74 Å². The molecule has 0 aliphatic carbocycles. The van der Waals surface area contributed by atoms with Crippen molar-refractivity contribution >= 4 is 23.3 Å². The van der Waals surface area contributed by atoms with E-state index in [2.05, 4.69) is 28.3 Å². The molecule has 2 aliphatic heterocycles. The number of carbonyl (C=O) groups excluding carboxylic acids is 2. The average molecular weight is 429 g/mol. The fourth-order valence-electron chi connectivity index (χ4n) is 4.42. The minimum absolute atomic E-state index is 0.0839. The number of piperidine rings is 1. The van der Waals surface area contributed by atoms with E-state index in [1.807, 2.05) is 12.1 Å². The van der Waals surface area contributed by atoms with Gasteiger partial charge in [-0.15, -0.1) is 11.3 Å². The van der Waals surface area contributed by atoms with Crippen LogP contribution in [0.5, 0.6) is 0 Å². The van der Waals surface area contributed by atoms with Gasteiger partial charge in [0.2, 0.25) is 0 Å². The molecule has 0 saturated carbocycles. The maximum absolute atomic E-state index is 13.5. The molecular formula is C22H28N4O3S. The number of urea groups is 1. The number of hydrogen-bond donors (Lipinski definition) is 0. The summed E-state index contributed by atoms with van der Waals surface area (Å²) >= 11 is 1.78. The Bertz CT molecular complexity index is 893. The maximum atomic E-state index is 13.5. The Morgan fingerprint density at radius 3 is 2.63 bits per heavy atom. The Balaban J connectivity index is 1.51. The van der Waals surface area contributed by atoms with E-state index in [9.17, 15) is 9.59 Å². The number of nitrogens with zero attached hydrogens (tertiary/aromatic N) is 4. The third kappa shape index (κ3) is 3.87. The van der Waals surface area contributed by atoms with Crippen LogP contribution < -0.4 is 0 Å². The second-order valence-corrected chi connectivity index (χ2v) is 9.01. The second kappa shape index (κ2) is 8.83. The summed E-state index contributed by atoms with van der Waals surface area (Å²) in [5.41, 5.74) is 1.41. The molecule has 1 spiro atoms. The fourth-order valence-corrected chi connectivity index (χ4v) is 5.37. The molecule has 0 atom stereocenters. The molecule has 3 amide bonds. The molecule has 0 N–H and O–H groups in total. The minimum Gasteiger partial charge on any atom is -0.383 e. The van der Waals surface area contributed by atoms with Gasteiger partial charge in [-0.1, -0.05) is 6.07 Å². The van der Waals surface area contributed by atoms with Gasteiger partial charge in [-0.3, -0.25) is 19.6 Å². The normalized spacial score (nSPS) is 19.3. The highest BCUT2D eigenvalue weighted by atomic mass is 32.1. The maximum Gasteiger partial charge on any atom is 0.328 e. The molecule has 0 bridgehead atoms. The first-order valence-electron chi connectivity index (χ1n) is 10.3. The van der Waals surface area contributed by atoms with Crippen LogP contribution in [0.3, 0.4) is 0 Å². The summed E-state index contributed by atoms with van der Waals surface area (Å²) in [4.78, 5) is 37.8. The zero-order valence-electron chi connectivity index (χ0n) is 17.5. The van der Waals surface area contributed by atoms with E-state index in [1.165, 1.54) is 15.3 Å². The summed E-state index contributed by atoms with van der Waals surface area (Å²) in [6.07, 6.45) is 4.69. The first-order valence-corrected chi connectivity index (χ1v) is 11.2. The highest BCUT2D eigenvalue weighted by Gasteiger charge is 2.57. The van der Waals surface area contributed by atoms with Crippen LogP contribution in [-0.4, -0.2) is 70.5 Å². The lowest BCUT2D eigenvalue weighted by atomic mass is 9.85. The Kier molecular flexibility index (Phi) is 6.17. The van der Waals surface area contributed by atoms with Gasteiger partial charge in [0.05, 0.1) is 13.2 Å². The van der Waals surface area contributed by atoms with Gasteiger partial charge in [0.15, 0.2) is 0 Å². The van der Waals surface area contributed by atoms with Gasteiger partial charge >= 0.3 is 6.03 Å². The number of rotatable bonds is 7. The zero-order valence-corrected chi connectivity index (χ0v) is 18.4. The van der Waals surface area contributed by atoms with Crippen LogP contribution in [0.15, 0.2) is 36.0 Å². The Labute approximate surface area is 181 Å². The third-order valence-corrected chi connectivity index (χ3v) is 7.23. The van der Waals surface area contributed by atoms with Crippen molar-refractivity contribution in [1.82, 2.24) is 19.7 Å². The minimum atomic E-state index is -0.765. The second-order valence-electron chi connectivity index (χ2n) is 8.01. The number of aromatic nitrogens is 1. The molecule has 2 aromatic heterocycles. The van der Waals surface area contributed by atoms with Crippen LogP contribution in [0.25, 0.3) is 0 Å². The fraction of sp³-hybridized carbons (Fsp3) is 0.500. The first-order chi connectivity index (χ1) is 14.5.